The number of nitrogens with zero attached hydrogens (tertiary/aromatic N) is 1. The molecule has 2 heterocycles. The number of carbonyl (C=O) groups excluding carboxylic acids is 3. The minimum Gasteiger partial charge on any atom is -0.497 e. The van der Waals surface area contributed by atoms with Crippen LogP contribution in [0.3, 0.4) is 0 Å². The molecule has 0 radical (unpaired) electrons. The molecule has 0 saturated heterocycles. The Labute approximate surface area is 243 Å². The summed E-state index contributed by atoms with van der Waals surface area (Å²) in [5.74, 6) is -0.891. The molecule has 3 N–H and O–H groups in total. The molecule has 1 atom stereocenters. The molecule has 4 aromatic rings. The summed E-state index contributed by atoms with van der Waals surface area (Å²) in [5.41, 5.74) is 1.05. The number of aromatic amines is 1. The number of nitrogens with one attached hydrogen (secondary N) is 3. The summed E-state index contributed by atoms with van der Waals surface area (Å²) in [6, 6.07) is 15.8. The zero-order valence-corrected chi connectivity index (χ0v) is 24.4. The van der Waals surface area contributed by atoms with E-state index in [9.17, 15) is 19.2 Å². The largest absolute Gasteiger partial charge is 0.497 e. The maximum Gasteiger partial charge on any atom is 0.442 e. The van der Waals surface area contributed by atoms with Crippen molar-refractivity contribution in [2.75, 3.05) is 24.4 Å². The van der Waals surface area contributed by atoms with Crippen LogP contribution in [0.15, 0.2) is 68.9 Å². The molecule has 11 nitrogen and oxygen atoms in total. The first kappa shape index (κ1) is 29.6. The van der Waals surface area contributed by atoms with Crippen molar-refractivity contribution in [1.29, 1.82) is 0 Å². The van der Waals surface area contributed by atoms with Crippen molar-refractivity contribution in [3.8, 4) is 11.4 Å². The number of benzene rings is 2. The van der Waals surface area contributed by atoms with Gasteiger partial charge in [-0.3, -0.25) is 14.1 Å². The first-order valence-electron chi connectivity index (χ1n) is 12.7. The third kappa shape index (κ3) is 6.69. The summed E-state index contributed by atoms with van der Waals surface area (Å²) >= 11 is 2.00. The molecule has 0 aliphatic rings. The molecule has 2 aromatic heterocycles. The van der Waals surface area contributed by atoms with Gasteiger partial charge in [-0.1, -0.05) is 25.1 Å². The Kier molecular flexibility index (Phi) is 9.63. The topological polar surface area (TPSA) is 144 Å². The molecular weight excluding hydrogens is 568 g/mol. The Morgan fingerprint density at radius 3 is 2.41 bits per heavy atom. The molecule has 0 spiro atoms. The molecular formula is C28H29N4O7S2+. The van der Waals surface area contributed by atoms with E-state index in [2.05, 4.69) is 15.9 Å². The second-order valence-corrected chi connectivity index (χ2v) is 10.8. The van der Waals surface area contributed by atoms with Gasteiger partial charge in [0.1, 0.15) is 10.8 Å². The molecule has 214 valence electrons. The number of methoxy groups -OCH3 is 1. The van der Waals surface area contributed by atoms with Gasteiger partial charge in [0.05, 0.1) is 29.4 Å². The minimum atomic E-state index is -0.739. The van der Waals surface area contributed by atoms with Crippen molar-refractivity contribution >= 4 is 51.6 Å². The number of rotatable bonds is 11. The minimum absolute atomic E-state index is 0.109. The number of esters is 1. The number of thioether (sulfide) groups is 1. The number of anilines is 2. The second kappa shape index (κ2) is 13.3. The van der Waals surface area contributed by atoms with E-state index in [0.717, 1.165) is 23.1 Å². The highest BCUT2D eigenvalue weighted by Gasteiger charge is 2.33. The lowest BCUT2D eigenvalue weighted by molar-refractivity contribution is -0.704. The first-order valence-corrected chi connectivity index (χ1v) is 14.4. The van der Waals surface area contributed by atoms with Gasteiger partial charge in [0.15, 0.2) is 0 Å². The van der Waals surface area contributed by atoms with Gasteiger partial charge < -0.3 is 20.1 Å². The van der Waals surface area contributed by atoms with Gasteiger partial charge in [-0.15, -0.1) is 11.3 Å². The highest BCUT2D eigenvalue weighted by Crippen LogP contribution is 2.35. The fourth-order valence-electron chi connectivity index (χ4n) is 3.89. The predicted molar refractivity (Wildman–Crippen MR) is 155 cm³/mol. The van der Waals surface area contributed by atoms with Crippen LogP contribution in [-0.2, 0) is 9.53 Å². The molecule has 0 aliphatic heterocycles. The van der Waals surface area contributed by atoms with Crippen molar-refractivity contribution < 1.29 is 33.1 Å². The summed E-state index contributed by atoms with van der Waals surface area (Å²) < 4.78 is 16.9. The third-order valence-corrected chi connectivity index (χ3v) is 8.57. The van der Waals surface area contributed by atoms with E-state index in [1.165, 1.54) is 4.68 Å². The van der Waals surface area contributed by atoms with Crippen molar-refractivity contribution in [3.05, 3.63) is 81.0 Å². The van der Waals surface area contributed by atoms with E-state index in [0.29, 0.717) is 29.1 Å². The number of para-hydroxylation sites is 1. The highest BCUT2D eigenvalue weighted by atomic mass is 32.2. The average Bonchev–Trinajstić information content (AvgIpc) is 3.50. The van der Waals surface area contributed by atoms with Crippen LogP contribution >= 0.6 is 23.1 Å². The van der Waals surface area contributed by atoms with E-state index >= 15 is 0 Å². The van der Waals surface area contributed by atoms with Crippen LogP contribution in [0.5, 0.6) is 5.75 Å². The lowest BCUT2D eigenvalue weighted by Crippen LogP contribution is -2.37. The smallest absolute Gasteiger partial charge is 0.442 e. The van der Waals surface area contributed by atoms with Gasteiger partial charge in [-0.2, -0.15) is 0 Å². The lowest BCUT2D eigenvalue weighted by atomic mass is 10.1. The summed E-state index contributed by atoms with van der Waals surface area (Å²) in [5, 5.41) is 7.77. The van der Waals surface area contributed by atoms with E-state index in [-0.39, 0.29) is 27.1 Å². The van der Waals surface area contributed by atoms with Gasteiger partial charge in [-0.05, 0) is 71.8 Å². The number of amides is 2. The molecule has 13 heteroatoms. The number of thiophene rings is 1. The Bertz CT molecular complexity index is 1590. The van der Waals surface area contributed by atoms with Gasteiger partial charge in [0, 0.05) is 17.8 Å². The SMILES string of the molecule is CCOC(=O)c1c(NC(=O)C(CC)Sc2c(=O)o[nH][n+]2-c2ccc(OC)cc2)sc(C(=O)Nc2ccccc2)c1C. The summed E-state index contributed by atoms with van der Waals surface area (Å²) in [6.07, 6.45) is 0.351. The first-order chi connectivity index (χ1) is 19.8. The van der Waals surface area contributed by atoms with Crippen LogP contribution in [-0.4, -0.2) is 42.0 Å². The lowest BCUT2D eigenvalue weighted by Gasteiger charge is -2.12. The molecule has 1 unspecified atom stereocenters. The third-order valence-electron chi connectivity index (χ3n) is 5.96. The van der Waals surface area contributed by atoms with Crippen molar-refractivity contribution in [2.24, 2.45) is 0 Å². The normalized spacial score (nSPS) is 11.5. The fourth-order valence-corrected chi connectivity index (χ4v) is 5.97. The molecule has 0 bridgehead atoms. The number of H-pyrrole nitrogens is 1. The summed E-state index contributed by atoms with van der Waals surface area (Å²) in [6.45, 7) is 5.22. The number of hydrogen-bond donors (Lipinski definition) is 3. The number of carbonyl (C=O) groups is 3. The van der Waals surface area contributed by atoms with E-state index in [4.69, 9.17) is 14.0 Å². The highest BCUT2D eigenvalue weighted by molar-refractivity contribution is 8.00. The van der Waals surface area contributed by atoms with Gasteiger partial charge >= 0.3 is 16.6 Å². The van der Waals surface area contributed by atoms with Crippen LogP contribution in [0, 0.1) is 6.92 Å². The van der Waals surface area contributed by atoms with Gasteiger partial charge in [-0.25, -0.2) is 9.59 Å². The molecule has 4 rings (SSSR count). The Morgan fingerprint density at radius 1 is 1.07 bits per heavy atom. The number of ether oxygens (including phenoxy) is 2. The average molecular weight is 598 g/mol. The van der Waals surface area contributed by atoms with Crippen LogP contribution in [0.2, 0.25) is 0 Å². The zero-order valence-electron chi connectivity index (χ0n) is 22.8. The molecule has 0 aliphatic carbocycles. The molecule has 0 saturated carbocycles. The van der Waals surface area contributed by atoms with Crippen molar-refractivity contribution in [3.63, 3.8) is 0 Å². The second-order valence-electron chi connectivity index (χ2n) is 8.62. The molecule has 0 fully saturated rings. The molecule has 2 amide bonds. The van der Waals surface area contributed by atoms with Gasteiger partial charge in [0.2, 0.25) is 11.6 Å². The van der Waals surface area contributed by atoms with Crippen molar-refractivity contribution in [1.82, 2.24) is 5.27 Å². The maximum absolute atomic E-state index is 13.5. The Morgan fingerprint density at radius 2 is 1.78 bits per heavy atom. The van der Waals surface area contributed by atoms with Crippen LogP contribution in [0.25, 0.3) is 5.69 Å². The van der Waals surface area contributed by atoms with Crippen molar-refractivity contribution in [2.45, 2.75) is 37.5 Å². The van der Waals surface area contributed by atoms with Crippen LogP contribution < -0.4 is 25.7 Å². The Hall–Kier alpha value is -4.36. The zero-order chi connectivity index (χ0) is 29.5. The molecule has 41 heavy (non-hydrogen) atoms. The van der Waals surface area contributed by atoms with Gasteiger partial charge in [0.25, 0.3) is 5.91 Å². The molecule has 2 aromatic carbocycles. The maximum atomic E-state index is 13.5. The van der Waals surface area contributed by atoms with E-state index in [1.807, 2.05) is 6.07 Å². The number of aromatic nitrogens is 2. The predicted octanol–water partition coefficient (Wildman–Crippen LogP) is 4.56. The summed E-state index contributed by atoms with van der Waals surface area (Å²) in [7, 11) is 1.55. The van der Waals surface area contributed by atoms with Crippen LogP contribution in [0.4, 0.5) is 10.7 Å². The monoisotopic (exact) mass is 597 g/mol. The summed E-state index contributed by atoms with van der Waals surface area (Å²) in [4.78, 5) is 52.3. The van der Waals surface area contributed by atoms with Crippen LogP contribution in [0.1, 0.15) is 45.9 Å². The Balaban J connectivity index is 1.60. The quantitative estimate of drug-likeness (QED) is 0.130. The fraction of sp³-hybridized carbons (Fsp3) is 0.250. The number of hydrogen-bond acceptors (Lipinski definition) is 9. The van der Waals surface area contributed by atoms with E-state index < -0.39 is 28.7 Å². The van der Waals surface area contributed by atoms with E-state index in [1.54, 1.807) is 76.4 Å². The standard InChI is InChI=1S/C28H28N4O7S2/c1-5-20(40-26-28(36)39-31-32(26)18-12-14-19(37-4)15-13-18)23(33)30-25-21(27(35)38-6-2)16(3)22(41-25)24(34)29-17-10-8-7-9-11-17/h7-15,20H,5-6H2,1-4H3,(H2-,29,30,31,33,34,35,36)/p+1.